The standard InChI is InChI=1S/C28H20I2N2O2/c1-18-9-11-19(12-10-18)17-34-27-24(29)14-20(15-25(27)30)13-22(16-31)28(33)32-26-8-4-6-21-5-2-3-7-23(21)26/h2-15H,17H2,1H3,(H,32,33)/b22-13+. The van der Waals surface area contributed by atoms with Crippen molar-refractivity contribution >= 4 is 73.6 Å². The van der Waals surface area contributed by atoms with E-state index in [9.17, 15) is 10.1 Å². The fraction of sp³-hybridized carbons (Fsp3) is 0.0714. The first kappa shape index (κ1) is 24.2. The van der Waals surface area contributed by atoms with Crippen molar-refractivity contribution in [3.63, 3.8) is 0 Å². The highest BCUT2D eigenvalue weighted by atomic mass is 127. The zero-order valence-corrected chi connectivity index (χ0v) is 22.6. The van der Waals surface area contributed by atoms with Crippen LogP contribution in [0.5, 0.6) is 5.75 Å². The molecule has 34 heavy (non-hydrogen) atoms. The second-order valence-electron chi connectivity index (χ2n) is 7.74. The van der Waals surface area contributed by atoms with Crippen LogP contribution in [0.2, 0.25) is 0 Å². The van der Waals surface area contributed by atoms with Gasteiger partial charge in [-0.2, -0.15) is 5.26 Å². The van der Waals surface area contributed by atoms with Crippen molar-refractivity contribution in [2.45, 2.75) is 13.5 Å². The molecule has 0 unspecified atom stereocenters. The predicted octanol–water partition coefficient (Wildman–Crippen LogP) is 7.48. The minimum Gasteiger partial charge on any atom is -0.487 e. The highest BCUT2D eigenvalue weighted by Gasteiger charge is 2.14. The Morgan fingerprint density at radius 2 is 1.68 bits per heavy atom. The molecule has 0 fully saturated rings. The summed E-state index contributed by atoms with van der Waals surface area (Å²) in [7, 11) is 0. The smallest absolute Gasteiger partial charge is 0.266 e. The number of carbonyl (C=O) groups is 1. The van der Waals surface area contributed by atoms with Gasteiger partial charge in [0.25, 0.3) is 5.91 Å². The first-order chi connectivity index (χ1) is 16.4. The van der Waals surface area contributed by atoms with E-state index < -0.39 is 5.91 Å². The minimum absolute atomic E-state index is 0.0351. The quantitative estimate of drug-likeness (QED) is 0.132. The summed E-state index contributed by atoms with van der Waals surface area (Å²) >= 11 is 4.44. The first-order valence-electron chi connectivity index (χ1n) is 10.5. The Balaban J connectivity index is 1.53. The number of halogens is 2. The molecule has 0 saturated carbocycles. The van der Waals surface area contributed by atoms with Crippen LogP contribution in [0.3, 0.4) is 0 Å². The molecule has 0 heterocycles. The Bertz CT molecular complexity index is 1410. The third-order valence-electron chi connectivity index (χ3n) is 5.24. The number of rotatable bonds is 6. The summed E-state index contributed by atoms with van der Waals surface area (Å²) in [5, 5.41) is 14.5. The summed E-state index contributed by atoms with van der Waals surface area (Å²) in [5.74, 6) is 0.348. The molecule has 168 valence electrons. The van der Waals surface area contributed by atoms with Gasteiger partial charge < -0.3 is 10.1 Å². The lowest BCUT2D eigenvalue weighted by Crippen LogP contribution is -2.13. The Morgan fingerprint density at radius 3 is 2.38 bits per heavy atom. The number of amides is 1. The van der Waals surface area contributed by atoms with Crippen LogP contribution in [-0.4, -0.2) is 5.91 Å². The maximum Gasteiger partial charge on any atom is 0.266 e. The average Bonchev–Trinajstić information content (AvgIpc) is 2.83. The molecule has 0 spiro atoms. The monoisotopic (exact) mass is 670 g/mol. The maximum atomic E-state index is 12.9. The second kappa shape index (κ2) is 11.0. The van der Waals surface area contributed by atoms with Gasteiger partial charge >= 0.3 is 0 Å². The van der Waals surface area contributed by atoms with Crippen LogP contribution in [0, 0.1) is 25.4 Å². The number of hydrogen-bond donors (Lipinski definition) is 1. The van der Waals surface area contributed by atoms with E-state index >= 15 is 0 Å². The Labute approximate surface area is 225 Å². The van der Waals surface area contributed by atoms with Gasteiger partial charge in [0.1, 0.15) is 24.0 Å². The summed E-state index contributed by atoms with van der Waals surface area (Å²) in [5.41, 5.74) is 3.78. The number of benzene rings is 4. The fourth-order valence-corrected chi connectivity index (χ4v) is 5.61. The molecule has 0 aliphatic rings. The SMILES string of the molecule is Cc1ccc(COc2c(I)cc(/C=C(\C#N)C(=O)Nc3cccc4ccccc34)cc2I)cc1. The Kier molecular flexibility index (Phi) is 7.85. The van der Waals surface area contributed by atoms with Crippen molar-refractivity contribution in [3.05, 3.63) is 108 Å². The molecule has 1 N–H and O–H groups in total. The molecule has 4 aromatic carbocycles. The third kappa shape index (κ3) is 5.77. The average molecular weight is 670 g/mol. The highest BCUT2D eigenvalue weighted by Crippen LogP contribution is 2.31. The van der Waals surface area contributed by atoms with E-state index in [2.05, 4.69) is 81.7 Å². The van der Waals surface area contributed by atoms with Gasteiger partial charge in [-0.1, -0.05) is 66.2 Å². The van der Waals surface area contributed by atoms with Crippen molar-refractivity contribution in [2.75, 3.05) is 5.32 Å². The third-order valence-corrected chi connectivity index (χ3v) is 6.84. The summed E-state index contributed by atoms with van der Waals surface area (Å²) in [6.45, 7) is 2.53. The number of hydrogen-bond acceptors (Lipinski definition) is 3. The molecule has 6 heteroatoms. The van der Waals surface area contributed by atoms with Crippen molar-refractivity contribution in [3.8, 4) is 11.8 Å². The van der Waals surface area contributed by atoms with E-state index in [4.69, 9.17) is 4.74 Å². The molecule has 4 aromatic rings. The van der Waals surface area contributed by atoms with Gasteiger partial charge in [0.05, 0.1) is 7.14 Å². The van der Waals surface area contributed by atoms with Gasteiger partial charge in [-0.25, -0.2) is 0 Å². The topological polar surface area (TPSA) is 62.1 Å². The van der Waals surface area contributed by atoms with Crippen molar-refractivity contribution in [1.29, 1.82) is 5.26 Å². The molecule has 4 nitrogen and oxygen atoms in total. The number of nitrogens with one attached hydrogen (secondary N) is 1. The van der Waals surface area contributed by atoms with E-state index in [-0.39, 0.29) is 5.57 Å². The zero-order chi connectivity index (χ0) is 24.1. The van der Waals surface area contributed by atoms with Gasteiger partial charge in [0.15, 0.2) is 0 Å². The lowest BCUT2D eigenvalue weighted by Gasteiger charge is -2.12. The number of nitrogens with zero attached hydrogens (tertiary/aromatic N) is 1. The number of carbonyl (C=O) groups excluding carboxylic acids is 1. The van der Waals surface area contributed by atoms with Gasteiger partial charge in [0.2, 0.25) is 0 Å². The van der Waals surface area contributed by atoms with Crippen LogP contribution in [0.15, 0.2) is 84.4 Å². The Morgan fingerprint density at radius 1 is 1.00 bits per heavy atom. The summed E-state index contributed by atoms with van der Waals surface area (Å²) in [6.07, 6.45) is 1.61. The molecule has 1 amide bonds. The van der Waals surface area contributed by atoms with E-state index in [0.717, 1.165) is 34.8 Å². The maximum absolute atomic E-state index is 12.9. The number of aryl methyl sites for hydroxylation is 1. The van der Waals surface area contributed by atoms with Crippen molar-refractivity contribution in [2.24, 2.45) is 0 Å². The molecule has 0 bridgehead atoms. The zero-order valence-electron chi connectivity index (χ0n) is 18.3. The molecule has 0 aromatic heterocycles. The molecular formula is C28H20I2N2O2. The van der Waals surface area contributed by atoms with Crippen LogP contribution in [-0.2, 0) is 11.4 Å². The van der Waals surface area contributed by atoms with Crippen molar-refractivity contribution < 1.29 is 9.53 Å². The van der Waals surface area contributed by atoms with E-state index in [0.29, 0.717) is 12.3 Å². The molecule has 0 saturated heterocycles. The van der Waals surface area contributed by atoms with Gasteiger partial charge in [-0.3, -0.25) is 4.79 Å². The second-order valence-corrected chi connectivity index (χ2v) is 10.1. The van der Waals surface area contributed by atoms with Gasteiger partial charge in [-0.15, -0.1) is 0 Å². The molecular weight excluding hydrogens is 650 g/mol. The molecule has 0 atom stereocenters. The van der Waals surface area contributed by atoms with Crippen LogP contribution in [0.1, 0.15) is 16.7 Å². The number of anilines is 1. The molecule has 0 radical (unpaired) electrons. The number of nitriles is 1. The molecule has 0 aliphatic carbocycles. The summed E-state index contributed by atoms with van der Waals surface area (Å²) in [6, 6.07) is 27.6. The largest absolute Gasteiger partial charge is 0.487 e. The normalized spacial score (nSPS) is 11.2. The van der Waals surface area contributed by atoms with Crippen LogP contribution >= 0.6 is 45.2 Å². The van der Waals surface area contributed by atoms with Gasteiger partial charge in [0, 0.05) is 11.1 Å². The Hall–Kier alpha value is -2.90. The van der Waals surface area contributed by atoms with Crippen LogP contribution in [0.4, 0.5) is 5.69 Å². The number of fused-ring (bicyclic) bond motifs is 1. The predicted molar refractivity (Wildman–Crippen MR) is 154 cm³/mol. The fourth-order valence-electron chi connectivity index (χ4n) is 3.48. The lowest BCUT2D eigenvalue weighted by molar-refractivity contribution is -0.112. The first-order valence-corrected chi connectivity index (χ1v) is 12.7. The van der Waals surface area contributed by atoms with Crippen LogP contribution < -0.4 is 10.1 Å². The van der Waals surface area contributed by atoms with Crippen molar-refractivity contribution in [1.82, 2.24) is 0 Å². The van der Waals surface area contributed by atoms with E-state index in [1.54, 1.807) is 6.08 Å². The minimum atomic E-state index is -0.441. The van der Waals surface area contributed by atoms with E-state index in [1.807, 2.05) is 60.7 Å². The van der Waals surface area contributed by atoms with E-state index in [1.165, 1.54) is 5.56 Å². The lowest BCUT2D eigenvalue weighted by atomic mass is 10.1. The summed E-state index contributed by atoms with van der Waals surface area (Å²) < 4.78 is 7.89. The van der Waals surface area contributed by atoms with Gasteiger partial charge in [-0.05, 0) is 92.9 Å². The highest BCUT2D eigenvalue weighted by molar-refractivity contribution is 14.1. The summed E-state index contributed by atoms with van der Waals surface area (Å²) in [4.78, 5) is 12.9. The molecule has 4 rings (SSSR count). The van der Waals surface area contributed by atoms with Crippen LogP contribution in [0.25, 0.3) is 16.8 Å². The molecule has 0 aliphatic heterocycles. The number of ether oxygens (including phenoxy) is 1.